The van der Waals surface area contributed by atoms with Gasteiger partial charge in [-0.2, -0.15) is 5.10 Å². The van der Waals surface area contributed by atoms with E-state index >= 15 is 0 Å². The van der Waals surface area contributed by atoms with E-state index < -0.39 is 5.97 Å². The van der Waals surface area contributed by atoms with Crippen molar-refractivity contribution in [2.24, 2.45) is 0 Å². The Bertz CT molecular complexity index is 635. The minimum absolute atomic E-state index is 0.0199. The van der Waals surface area contributed by atoms with Crippen LogP contribution in [0.2, 0.25) is 0 Å². The predicted octanol–water partition coefficient (Wildman–Crippen LogP) is 2.06. The summed E-state index contributed by atoms with van der Waals surface area (Å²) in [5.41, 5.74) is 1.84. The molecule has 0 atom stereocenters. The topological polar surface area (TPSA) is 85.8 Å². The molecule has 1 N–H and O–H groups in total. The Kier molecular flexibility index (Phi) is 5.00. The highest BCUT2D eigenvalue weighted by molar-refractivity contribution is 7.99. The predicted molar refractivity (Wildman–Crippen MR) is 80.3 cm³/mol. The highest BCUT2D eigenvalue weighted by Gasteiger charge is 2.18. The molecule has 0 spiro atoms. The van der Waals surface area contributed by atoms with Crippen LogP contribution < -0.4 is 0 Å². The summed E-state index contributed by atoms with van der Waals surface area (Å²) >= 11 is 1.19. The number of carboxylic acid groups (broad SMARTS) is 1. The van der Waals surface area contributed by atoms with Gasteiger partial charge in [0.15, 0.2) is 11.0 Å². The minimum Gasteiger partial charge on any atom is -0.481 e. The molecule has 0 saturated heterocycles. The maximum atomic E-state index is 10.7. The zero-order valence-corrected chi connectivity index (χ0v) is 13.2. The lowest BCUT2D eigenvalue weighted by molar-refractivity contribution is -0.133. The molecular weight excluding hydrogens is 290 g/mol. The number of aromatic nitrogens is 5. The number of hydrogen-bond donors (Lipinski definition) is 1. The summed E-state index contributed by atoms with van der Waals surface area (Å²) in [7, 11) is 0. The largest absolute Gasteiger partial charge is 0.481 e. The number of carboxylic acids is 1. The lowest BCUT2D eigenvalue weighted by Gasteiger charge is -2.09. The van der Waals surface area contributed by atoms with E-state index in [9.17, 15) is 4.79 Å². The second kappa shape index (κ2) is 6.75. The zero-order valence-electron chi connectivity index (χ0n) is 12.4. The van der Waals surface area contributed by atoms with Crippen molar-refractivity contribution in [1.82, 2.24) is 24.5 Å². The summed E-state index contributed by atoms with van der Waals surface area (Å²) in [6.07, 6.45) is 0.922. The van der Waals surface area contributed by atoms with Crippen molar-refractivity contribution in [3.63, 3.8) is 0 Å². The molecule has 0 bridgehead atoms. The average molecular weight is 309 g/mol. The lowest BCUT2D eigenvalue weighted by atomic mass is 10.3. The molecule has 0 amide bonds. The fourth-order valence-electron chi connectivity index (χ4n) is 2.10. The van der Waals surface area contributed by atoms with Crippen molar-refractivity contribution >= 4 is 17.7 Å². The smallest absolute Gasteiger partial charge is 0.313 e. The maximum absolute atomic E-state index is 10.7. The van der Waals surface area contributed by atoms with Gasteiger partial charge >= 0.3 is 5.97 Å². The Balaban J connectivity index is 2.40. The Labute approximate surface area is 127 Å². The lowest BCUT2D eigenvalue weighted by Crippen LogP contribution is -2.07. The monoisotopic (exact) mass is 309 g/mol. The summed E-state index contributed by atoms with van der Waals surface area (Å²) in [4.78, 5) is 10.7. The van der Waals surface area contributed by atoms with Crippen LogP contribution >= 0.6 is 11.8 Å². The molecule has 0 saturated carbocycles. The Morgan fingerprint density at radius 2 is 2.14 bits per heavy atom. The first kappa shape index (κ1) is 15.6. The van der Waals surface area contributed by atoms with Crippen molar-refractivity contribution in [3.8, 4) is 11.5 Å². The van der Waals surface area contributed by atoms with Crippen molar-refractivity contribution in [2.45, 2.75) is 45.4 Å². The maximum Gasteiger partial charge on any atom is 0.313 e. The van der Waals surface area contributed by atoms with Crippen LogP contribution in [0.15, 0.2) is 11.2 Å². The summed E-state index contributed by atoms with van der Waals surface area (Å²) in [5, 5.41) is 22.3. The number of aryl methyl sites for hydroxylation is 2. The highest BCUT2D eigenvalue weighted by Crippen LogP contribution is 2.25. The van der Waals surface area contributed by atoms with Crippen LogP contribution in [0, 0.1) is 6.92 Å². The van der Waals surface area contributed by atoms with Gasteiger partial charge in [-0.15, -0.1) is 10.2 Å². The van der Waals surface area contributed by atoms with Crippen LogP contribution in [0.5, 0.6) is 0 Å². The summed E-state index contributed by atoms with van der Waals surface area (Å²) in [6, 6.07) is 1.98. The molecule has 0 aliphatic carbocycles. The van der Waals surface area contributed by atoms with Crippen LogP contribution in [-0.4, -0.2) is 41.4 Å². The SMILES string of the molecule is CCCn1c(SCC(=O)O)nnc1-c1cc(C)nn1CC. The van der Waals surface area contributed by atoms with E-state index in [1.807, 2.05) is 29.2 Å². The van der Waals surface area contributed by atoms with E-state index in [-0.39, 0.29) is 5.75 Å². The number of nitrogens with zero attached hydrogens (tertiary/aromatic N) is 5. The quantitative estimate of drug-likeness (QED) is 0.788. The number of rotatable bonds is 7. The number of hydrogen-bond acceptors (Lipinski definition) is 5. The molecule has 8 heteroatoms. The van der Waals surface area contributed by atoms with Gasteiger partial charge in [0.1, 0.15) is 5.69 Å². The Morgan fingerprint density at radius 1 is 1.38 bits per heavy atom. The van der Waals surface area contributed by atoms with Gasteiger partial charge in [0.05, 0.1) is 11.4 Å². The molecule has 0 unspecified atom stereocenters. The summed E-state index contributed by atoms with van der Waals surface area (Å²) in [5.74, 6) is -0.136. The number of aliphatic carboxylic acids is 1. The van der Waals surface area contributed by atoms with Gasteiger partial charge in [-0.05, 0) is 26.3 Å². The van der Waals surface area contributed by atoms with Crippen molar-refractivity contribution in [3.05, 3.63) is 11.8 Å². The van der Waals surface area contributed by atoms with E-state index in [4.69, 9.17) is 5.11 Å². The third kappa shape index (κ3) is 3.44. The molecule has 0 fully saturated rings. The molecule has 2 rings (SSSR count). The van der Waals surface area contributed by atoms with Crippen LogP contribution in [0.4, 0.5) is 0 Å². The molecule has 21 heavy (non-hydrogen) atoms. The first-order valence-electron chi connectivity index (χ1n) is 6.89. The third-order valence-corrected chi connectivity index (χ3v) is 3.87. The molecule has 0 aliphatic heterocycles. The zero-order chi connectivity index (χ0) is 15.4. The molecular formula is C13H19N5O2S. The molecule has 2 aromatic heterocycles. The fraction of sp³-hybridized carbons (Fsp3) is 0.538. The second-order valence-electron chi connectivity index (χ2n) is 4.63. The van der Waals surface area contributed by atoms with Crippen LogP contribution in [0.25, 0.3) is 11.5 Å². The van der Waals surface area contributed by atoms with E-state index in [0.717, 1.165) is 36.7 Å². The number of thioether (sulfide) groups is 1. The Hall–Kier alpha value is -1.83. The average Bonchev–Trinajstić information content (AvgIpc) is 3.00. The first-order chi connectivity index (χ1) is 10.1. The van der Waals surface area contributed by atoms with E-state index in [1.54, 1.807) is 0 Å². The molecule has 2 aromatic rings. The van der Waals surface area contributed by atoms with Crippen LogP contribution in [0.3, 0.4) is 0 Å². The van der Waals surface area contributed by atoms with Crippen molar-refractivity contribution in [2.75, 3.05) is 5.75 Å². The summed E-state index contributed by atoms with van der Waals surface area (Å²) < 4.78 is 3.85. The van der Waals surface area contributed by atoms with E-state index in [0.29, 0.717) is 5.16 Å². The molecule has 0 radical (unpaired) electrons. The number of carbonyl (C=O) groups is 1. The van der Waals surface area contributed by atoms with Crippen LogP contribution in [-0.2, 0) is 17.9 Å². The third-order valence-electron chi connectivity index (χ3n) is 2.92. The van der Waals surface area contributed by atoms with Gasteiger partial charge in [0, 0.05) is 13.1 Å². The van der Waals surface area contributed by atoms with E-state index in [1.165, 1.54) is 11.8 Å². The summed E-state index contributed by atoms with van der Waals surface area (Å²) in [6.45, 7) is 7.53. The van der Waals surface area contributed by atoms with Gasteiger partial charge in [-0.1, -0.05) is 18.7 Å². The molecule has 7 nitrogen and oxygen atoms in total. The van der Waals surface area contributed by atoms with Crippen LogP contribution in [0.1, 0.15) is 26.0 Å². The van der Waals surface area contributed by atoms with Gasteiger partial charge in [-0.25, -0.2) is 0 Å². The van der Waals surface area contributed by atoms with Crippen molar-refractivity contribution < 1.29 is 9.90 Å². The van der Waals surface area contributed by atoms with Gasteiger partial charge in [-0.3, -0.25) is 9.48 Å². The highest BCUT2D eigenvalue weighted by atomic mass is 32.2. The van der Waals surface area contributed by atoms with Crippen molar-refractivity contribution in [1.29, 1.82) is 0 Å². The van der Waals surface area contributed by atoms with Gasteiger partial charge in [0.25, 0.3) is 0 Å². The molecule has 114 valence electrons. The Morgan fingerprint density at radius 3 is 2.76 bits per heavy atom. The first-order valence-corrected chi connectivity index (χ1v) is 7.88. The second-order valence-corrected chi connectivity index (χ2v) is 5.57. The standard InChI is InChI=1S/C13H19N5O2S/c1-4-6-17-12(10-7-9(3)16-18(10)5-2)14-15-13(17)21-8-11(19)20/h7H,4-6,8H2,1-3H3,(H,19,20). The van der Waals surface area contributed by atoms with Gasteiger partial charge < -0.3 is 9.67 Å². The fourth-order valence-corrected chi connectivity index (χ4v) is 2.79. The van der Waals surface area contributed by atoms with Gasteiger partial charge in [0.2, 0.25) is 0 Å². The van der Waals surface area contributed by atoms with E-state index in [2.05, 4.69) is 22.2 Å². The molecule has 0 aliphatic rings. The normalized spacial score (nSPS) is 11.0. The molecule has 2 heterocycles. The minimum atomic E-state index is -0.859. The molecule has 0 aromatic carbocycles.